The zero-order valence-corrected chi connectivity index (χ0v) is 9.68. The van der Waals surface area contributed by atoms with Crippen LogP contribution in [0.15, 0.2) is 0 Å². The van der Waals surface area contributed by atoms with E-state index in [1.165, 1.54) is 26.2 Å². The van der Waals surface area contributed by atoms with Gasteiger partial charge in [0.15, 0.2) is 0 Å². The number of carbonyl (C=O) groups is 1. The first kappa shape index (κ1) is 17.7. The standard InChI is InChI=1S/C7H16.C2H4O.C2H6/c1-4-6-7(3)5-2;1-2-3;1-2/h7H,4-6H2,1-3H3;2H,1H3;1-2H3. The summed E-state index contributed by atoms with van der Waals surface area (Å²) < 4.78 is 0. The second kappa shape index (κ2) is 22.4. The lowest BCUT2D eigenvalue weighted by Gasteiger charge is -2.02. The average Bonchev–Trinajstić information content (AvgIpc) is 2.10. The van der Waals surface area contributed by atoms with Crippen molar-refractivity contribution in [3.63, 3.8) is 0 Å². The largest absolute Gasteiger partial charge is 0.304 e. The Hall–Kier alpha value is -0.330. The van der Waals surface area contributed by atoms with E-state index in [0.717, 1.165) is 12.2 Å². The first-order chi connectivity index (χ1) is 5.72. The molecule has 0 radical (unpaired) electrons. The number of carbonyl (C=O) groups excluding carboxylic acids is 1. The summed E-state index contributed by atoms with van der Waals surface area (Å²) in [5.41, 5.74) is 0. The third-order valence-corrected chi connectivity index (χ3v) is 1.48. The molecule has 0 heterocycles. The predicted molar refractivity (Wildman–Crippen MR) is 57.4 cm³/mol. The van der Waals surface area contributed by atoms with Gasteiger partial charge in [-0.15, -0.1) is 0 Å². The highest BCUT2D eigenvalue weighted by molar-refractivity contribution is 5.44. The maximum Gasteiger partial charge on any atom is 0.116 e. The fraction of sp³-hybridized carbons (Fsp3) is 0.909. The predicted octanol–water partition coefficient (Wildman–Crippen LogP) is 4.06. The van der Waals surface area contributed by atoms with Crippen molar-refractivity contribution in [2.75, 3.05) is 0 Å². The Kier molecular flexibility index (Phi) is 33.0. The molecule has 0 N–H and O–H groups in total. The number of hydrogen-bond acceptors (Lipinski definition) is 1. The van der Waals surface area contributed by atoms with Crippen LogP contribution in [0.3, 0.4) is 0 Å². The van der Waals surface area contributed by atoms with Crippen LogP contribution in [0.25, 0.3) is 0 Å². The topological polar surface area (TPSA) is 17.1 Å². The Morgan fingerprint density at radius 1 is 1.25 bits per heavy atom. The van der Waals surface area contributed by atoms with Crippen molar-refractivity contribution in [3.8, 4) is 0 Å². The lowest BCUT2D eigenvalue weighted by Crippen LogP contribution is -1.88. The van der Waals surface area contributed by atoms with Crippen molar-refractivity contribution in [3.05, 3.63) is 0 Å². The van der Waals surface area contributed by atoms with Crippen LogP contribution in [0, 0.1) is 5.92 Å². The third-order valence-electron chi connectivity index (χ3n) is 1.48. The fourth-order valence-corrected chi connectivity index (χ4v) is 0.697. The van der Waals surface area contributed by atoms with Crippen LogP contribution < -0.4 is 0 Å². The van der Waals surface area contributed by atoms with Gasteiger partial charge in [0.25, 0.3) is 0 Å². The first-order valence-electron chi connectivity index (χ1n) is 5.12. The van der Waals surface area contributed by atoms with Crippen LogP contribution >= 0.6 is 0 Å². The summed E-state index contributed by atoms with van der Waals surface area (Å²) in [6.45, 7) is 12.2. The SMILES string of the molecule is CC.CC=O.CCCC(C)CC. The van der Waals surface area contributed by atoms with Crippen LogP contribution in [0.1, 0.15) is 60.8 Å². The van der Waals surface area contributed by atoms with Gasteiger partial charge in [-0.1, -0.05) is 53.9 Å². The molecule has 0 saturated carbocycles. The van der Waals surface area contributed by atoms with Crippen LogP contribution in [0.5, 0.6) is 0 Å². The van der Waals surface area contributed by atoms with E-state index in [1.807, 2.05) is 13.8 Å². The van der Waals surface area contributed by atoms with E-state index in [0.29, 0.717) is 0 Å². The van der Waals surface area contributed by atoms with Gasteiger partial charge < -0.3 is 4.79 Å². The van der Waals surface area contributed by atoms with Crippen molar-refractivity contribution >= 4 is 6.29 Å². The molecule has 0 fully saturated rings. The molecule has 0 bridgehead atoms. The molecule has 76 valence electrons. The molecule has 1 atom stereocenters. The van der Waals surface area contributed by atoms with Gasteiger partial charge in [-0.25, -0.2) is 0 Å². The van der Waals surface area contributed by atoms with E-state index in [2.05, 4.69) is 20.8 Å². The van der Waals surface area contributed by atoms with Crippen LogP contribution in [0.4, 0.5) is 0 Å². The summed E-state index contributed by atoms with van der Waals surface area (Å²) in [5.74, 6) is 0.949. The Bertz CT molecular complexity index is 60.0. The molecule has 0 amide bonds. The van der Waals surface area contributed by atoms with Crippen molar-refractivity contribution in [1.29, 1.82) is 0 Å². The zero-order valence-electron chi connectivity index (χ0n) is 9.68. The van der Waals surface area contributed by atoms with Crippen molar-refractivity contribution < 1.29 is 4.79 Å². The second-order valence-electron chi connectivity index (χ2n) is 2.54. The highest BCUT2D eigenvalue weighted by Crippen LogP contribution is 2.07. The minimum Gasteiger partial charge on any atom is -0.304 e. The van der Waals surface area contributed by atoms with Gasteiger partial charge in [-0.05, 0) is 12.8 Å². The number of rotatable bonds is 3. The van der Waals surface area contributed by atoms with E-state index in [4.69, 9.17) is 4.79 Å². The van der Waals surface area contributed by atoms with E-state index >= 15 is 0 Å². The molecule has 0 spiro atoms. The van der Waals surface area contributed by atoms with Crippen LogP contribution in [0.2, 0.25) is 0 Å². The Morgan fingerprint density at radius 2 is 1.58 bits per heavy atom. The smallest absolute Gasteiger partial charge is 0.116 e. The average molecular weight is 174 g/mol. The molecule has 0 aliphatic rings. The highest BCUT2D eigenvalue weighted by Gasteiger charge is 1.92. The molecule has 12 heavy (non-hydrogen) atoms. The second-order valence-corrected chi connectivity index (χ2v) is 2.54. The van der Waals surface area contributed by atoms with E-state index in [9.17, 15) is 0 Å². The lowest BCUT2D eigenvalue weighted by atomic mass is 10.0. The van der Waals surface area contributed by atoms with Crippen LogP contribution in [-0.2, 0) is 4.79 Å². The molecular weight excluding hydrogens is 148 g/mol. The summed E-state index contributed by atoms with van der Waals surface area (Å²) in [7, 11) is 0. The van der Waals surface area contributed by atoms with Gasteiger partial charge in [0.2, 0.25) is 0 Å². The Labute approximate surface area is 78.6 Å². The van der Waals surface area contributed by atoms with E-state index in [-0.39, 0.29) is 0 Å². The number of aldehydes is 1. The molecule has 0 aliphatic heterocycles. The highest BCUT2D eigenvalue weighted by atomic mass is 16.1. The van der Waals surface area contributed by atoms with Gasteiger partial charge in [-0.2, -0.15) is 0 Å². The summed E-state index contributed by atoms with van der Waals surface area (Å²) >= 11 is 0. The van der Waals surface area contributed by atoms with Crippen LogP contribution in [-0.4, -0.2) is 6.29 Å². The van der Waals surface area contributed by atoms with Crippen molar-refractivity contribution in [1.82, 2.24) is 0 Å². The third kappa shape index (κ3) is 33.3. The minimum absolute atomic E-state index is 0.750. The monoisotopic (exact) mass is 174 g/mol. The maximum atomic E-state index is 8.81. The van der Waals surface area contributed by atoms with Gasteiger partial charge in [0, 0.05) is 0 Å². The molecule has 1 heteroatoms. The summed E-state index contributed by atoms with van der Waals surface area (Å²) in [5, 5.41) is 0. The minimum atomic E-state index is 0.750. The maximum absolute atomic E-state index is 8.81. The Balaban J connectivity index is -0.000000137. The summed E-state index contributed by atoms with van der Waals surface area (Å²) in [4.78, 5) is 8.81. The van der Waals surface area contributed by atoms with Gasteiger partial charge >= 0.3 is 0 Å². The Morgan fingerprint density at radius 3 is 1.67 bits per heavy atom. The first-order valence-corrected chi connectivity index (χ1v) is 5.12. The normalized spacial score (nSPS) is 9.83. The molecule has 1 nitrogen and oxygen atoms in total. The van der Waals surface area contributed by atoms with Gasteiger partial charge in [0.05, 0.1) is 0 Å². The molecule has 0 aliphatic carbocycles. The molecule has 0 saturated heterocycles. The quantitative estimate of drug-likeness (QED) is 0.590. The molecule has 0 aromatic carbocycles. The van der Waals surface area contributed by atoms with Crippen molar-refractivity contribution in [2.45, 2.75) is 60.8 Å². The van der Waals surface area contributed by atoms with E-state index < -0.39 is 0 Å². The molecule has 0 aromatic rings. The fourth-order valence-electron chi connectivity index (χ4n) is 0.697. The lowest BCUT2D eigenvalue weighted by molar-refractivity contribution is -0.106. The summed E-state index contributed by atoms with van der Waals surface area (Å²) in [6, 6.07) is 0. The van der Waals surface area contributed by atoms with Crippen molar-refractivity contribution in [2.24, 2.45) is 5.92 Å². The van der Waals surface area contributed by atoms with Gasteiger partial charge in [0.1, 0.15) is 6.29 Å². The molecule has 0 rings (SSSR count). The van der Waals surface area contributed by atoms with E-state index in [1.54, 1.807) is 0 Å². The van der Waals surface area contributed by atoms with Gasteiger partial charge in [-0.3, -0.25) is 0 Å². The molecular formula is C11H26O. The molecule has 0 aromatic heterocycles. The summed E-state index contributed by atoms with van der Waals surface area (Å²) in [6.07, 6.45) is 4.83. The number of hydrogen-bond donors (Lipinski definition) is 0. The zero-order chi connectivity index (χ0) is 10.4. The molecule has 1 unspecified atom stereocenters.